The minimum Gasteiger partial charge on any atom is -0.496 e. The Morgan fingerprint density at radius 1 is 1.59 bits per heavy atom. The molecule has 0 bridgehead atoms. The van der Waals surface area contributed by atoms with Gasteiger partial charge in [0.25, 0.3) is 5.91 Å². The zero-order valence-corrected chi connectivity index (χ0v) is 12.0. The maximum atomic E-state index is 11.9. The Morgan fingerprint density at radius 2 is 2.29 bits per heavy atom. The first kappa shape index (κ1) is 14.2. The van der Waals surface area contributed by atoms with Crippen molar-refractivity contribution in [1.82, 2.24) is 5.32 Å². The van der Waals surface area contributed by atoms with Gasteiger partial charge in [0, 0.05) is 5.56 Å². The molecular weight excluding hydrogens is 333 g/mol. The van der Waals surface area contributed by atoms with Gasteiger partial charge in [-0.2, -0.15) is 0 Å². The Labute approximate surface area is 115 Å². The molecule has 0 aliphatic carbocycles. The van der Waals surface area contributed by atoms with Crippen molar-refractivity contribution in [3.63, 3.8) is 0 Å². The number of nitrogens with one attached hydrogen (secondary N) is 1. The molecule has 0 saturated heterocycles. The first-order valence-electron chi connectivity index (χ1n) is 5.37. The topological polar surface area (TPSA) is 58.6 Å². The number of methoxy groups -OCH3 is 1. The van der Waals surface area contributed by atoms with Gasteiger partial charge in [-0.05, 0) is 47.2 Å². The number of benzene rings is 1. The number of hydrogen-bond donors (Lipinski definition) is 2. The number of aliphatic hydroxyl groups excluding tert-OH is 1. The van der Waals surface area contributed by atoms with E-state index in [0.29, 0.717) is 12.0 Å². The number of carbonyl (C=O) groups excluding carboxylic acids is 1. The Hall–Kier alpha value is -0.820. The van der Waals surface area contributed by atoms with Gasteiger partial charge in [0.1, 0.15) is 5.75 Å². The number of halogens is 1. The van der Waals surface area contributed by atoms with Crippen LogP contribution in [0.1, 0.15) is 23.7 Å². The quantitative estimate of drug-likeness (QED) is 0.797. The number of hydrogen-bond acceptors (Lipinski definition) is 3. The van der Waals surface area contributed by atoms with E-state index in [0.717, 1.165) is 9.32 Å². The average Bonchev–Trinajstić information content (AvgIpc) is 2.35. The molecule has 1 atom stereocenters. The molecule has 0 spiro atoms. The molecule has 1 aromatic rings. The van der Waals surface area contributed by atoms with Gasteiger partial charge >= 0.3 is 0 Å². The molecular formula is C12H16INO3. The second-order valence-electron chi connectivity index (χ2n) is 3.61. The highest BCUT2D eigenvalue weighted by Gasteiger charge is 2.12. The zero-order valence-electron chi connectivity index (χ0n) is 9.87. The van der Waals surface area contributed by atoms with Crippen LogP contribution in [-0.4, -0.2) is 30.8 Å². The fraction of sp³-hybridized carbons (Fsp3) is 0.417. The smallest absolute Gasteiger partial charge is 0.251 e. The lowest BCUT2D eigenvalue weighted by Crippen LogP contribution is -2.36. The highest BCUT2D eigenvalue weighted by atomic mass is 127. The van der Waals surface area contributed by atoms with Crippen molar-refractivity contribution in [3.05, 3.63) is 27.3 Å². The van der Waals surface area contributed by atoms with Crippen molar-refractivity contribution in [1.29, 1.82) is 0 Å². The van der Waals surface area contributed by atoms with Crippen LogP contribution in [0.2, 0.25) is 0 Å². The molecule has 1 unspecified atom stereocenters. The van der Waals surface area contributed by atoms with E-state index in [2.05, 4.69) is 27.9 Å². The molecule has 0 aliphatic rings. The van der Waals surface area contributed by atoms with Crippen LogP contribution in [0.5, 0.6) is 5.75 Å². The van der Waals surface area contributed by atoms with Gasteiger partial charge in [-0.1, -0.05) is 6.92 Å². The summed E-state index contributed by atoms with van der Waals surface area (Å²) in [5.74, 6) is 0.572. The van der Waals surface area contributed by atoms with E-state index in [1.54, 1.807) is 25.3 Å². The minimum atomic E-state index is -0.192. The van der Waals surface area contributed by atoms with Gasteiger partial charge in [-0.3, -0.25) is 4.79 Å². The lowest BCUT2D eigenvalue weighted by atomic mass is 10.1. The molecule has 17 heavy (non-hydrogen) atoms. The van der Waals surface area contributed by atoms with E-state index in [-0.39, 0.29) is 18.6 Å². The predicted molar refractivity (Wildman–Crippen MR) is 74.3 cm³/mol. The second kappa shape index (κ2) is 6.80. The van der Waals surface area contributed by atoms with Gasteiger partial charge in [-0.25, -0.2) is 0 Å². The summed E-state index contributed by atoms with van der Waals surface area (Å²) >= 11 is 2.12. The fourth-order valence-electron chi connectivity index (χ4n) is 1.35. The standard InChI is InChI=1S/C12H16INO3/c1-3-9(7-15)14-12(16)8-4-5-11(17-2)10(13)6-8/h4-6,9,15H,3,7H2,1-2H3,(H,14,16). The third-order valence-corrected chi connectivity index (χ3v) is 3.31. The van der Waals surface area contributed by atoms with Gasteiger partial charge in [0.15, 0.2) is 0 Å². The summed E-state index contributed by atoms with van der Waals surface area (Å²) in [6.07, 6.45) is 0.704. The van der Waals surface area contributed by atoms with Crippen LogP contribution in [0.15, 0.2) is 18.2 Å². The van der Waals surface area contributed by atoms with Crippen molar-refractivity contribution in [2.24, 2.45) is 0 Å². The summed E-state index contributed by atoms with van der Waals surface area (Å²) in [5, 5.41) is 11.8. The van der Waals surface area contributed by atoms with E-state index in [4.69, 9.17) is 9.84 Å². The van der Waals surface area contributed by atoms with Crippen molar-refractivity contribution in [2.45, 2.75) is 19.4 Å². The molecule has 0 aliphatic heterocycles. The largest absolute Gasteiger partial charge is 0.496 e. The highest BCUT2D eigenvalue weighted by Crippen LogP contribution is 2.21. The second-order valence-corrected chi connectivity index (χ2v) is 4.77. The lowest BCUT2D eigenvalue weighted by Gasteiger charge is -2.14. The first-order valence-corrected chi connectivity index (χ1v) is 6.45. The van der Waals surface area contributed by atoms with E-state index in [1.807, 2.05) is 6.92 Å². The Bertz CT molecular complexity index is 391. The van der Waals surface area contributed by atoms with E-state index in [1.165, 1.54) is 0 Å². The van der Waals surface area contributed by atoms with Crippen LogP contribution >= 0.6 is 22.6 Å². The number of rotatable bonds is 5. The van der Waals surface area contributed by atoms with E-state index < -0.39 is 0 Å². The molecule has 94 valence electrons. The molecule has 0 saturated carbocycles. The zero-order chi connectivity index (χ0) is 12.8. The summed E-state index contributed by atoms with van der Waals surface area (Å²) < 4.78 is 6.01. The van der Waals surface area contributed by atoms with Crippen molar-refractivity contribution < 1.29 is 14.6 Å². The van der Waals surface area contributed by atoms with Gasteiger partial charge < -0.3 is 15.2 Å². The lowest BCUT2D eigenvalue weighted by molar-refractivity contribution is 0.0915. The third-order valence-electron chi connectivity index (χ3n) is 2.46. The summed E-state index contributed by atoms with van der Waals surface area (Å²) in [6.45, 7) is 1.87. The molecule has 1 aromatic carbocycles. The first-order chi connectivity index (χ1) is 8.12. The Morgan fingerprint density at radius 3 is 2.76 bits per heavy atom. The summed E-state index contributed by atoms with van der Waals surface area (Å²) in [4.78, 5) is 11.9. The van der Waals surface area contributed by atoms with Crippen LogP contribution in [0.3, 0.4) is 0 Å². The predicted octanol–water partition coefficient (Wildman–Crippen LogP) is 1.80. The van der Waals surface area contributed by atoms with Crippen LogP contribution in [0.25, 0.3) is 0 Å². The van der Waals surface area contributed by atoms with E-state index >= 15 is 0 Å². The number of ether oxygens (including phenoxy) is 1. The van der Waals surface area contributed by atoms with Crippen LogP contribution in [0.4, 0.5) is 0 Å². The molecule has 0 heterocycles. The summed E-state index contributed by atoms with van der Waals surface area (Å²) in [6, 6.07) is 5.04. The normalized spacial score (nSPS) is 12.0. The molecule has 0 fully saturated rings. The fourth-order valence-corrected chi connectivity index (χ4v) is 2.09. The summed E-state index contributed by atoms with van der Waals surface area (Å²) in [7, 11) is 1.59. The molecule has 0 radical (unpaired) electrons. The number of amides is 1. The average molecular weight is 349 g/mol. The van der Waals surface area contributed by atoms with Crippen LogP contribution in [0, 0.1) is 3.57 Å². The Balaban J connectivity index is 2.79. The van der Waals surface area contributed by atoms with E-state index in [9.17, 15) is 4.79 Å². The number of aliphatic hydroxyl groups is 1. The van der Waals surface area contributed by atoms with Gasteiger partial charge in [-0.15, -0.1) is 0 Å². The van der Waals surface area contributed by atoms with Gasteiger partial charge in [0.2, 0.25) is 0 Å². The maximum absolute atomic E-state index is 11.9. The van der Waals surface area contributed by atoms with Crippen molar-refractivity contribution >= 4 is 28.5 Å². The van der Waals surface area contributed by atoms with Gasteiger partial charge in [0.05, 0.1) is 23.3 Å². The SMILES string of the molecule is CCC(CO)NC(=O)c1ccc(OC)c(I)c1. The molecule has 4 nitrogen and oxygen atoms in total. The molecule has 5 heteroatoms. The molecule has 0 aromatic heterocycles. The van der Waals surface area contributed by atoms with Crippen LogP contribution in [-0.2, 0) is 0 Å². The maximum Gasteiger partial charge on any atom is 0.251 e. The minimum absolute atomic E-state index is 0.0461. The van der Waals surface area contributed by atoms with Crippen molar-refractivity contribution in [2.75, 3.05) is 13.7 Å². The Kier molecular flexibility index (Phi) is 5.70. The molecule has 1 rings (SSSR count). The number of carbonyl (C=O) groups is 1. The molecule has 2 N–H and O–H groups in total. The summed E-state index contributed by atoms with van der Waals surface area (Å²) in [5.41, 5.74) is 0.571. The highest BCUT2D eigenvalue weighted by molar-refractivity contribution is 14.1. The van der Waals surface area contributed by atoms with Crippen LogP contribution < -0.4 is 10.1 Å². The van der Waals surface area contributed by atoms with Crippen molar-refractivity contribution in [3.8, 4) is 5.75 Å². The molecule has 1 amide bonds. The monoisotopic (exact) mass is 349 g/mol. The third kappa shape index (κ3) is 3.85.